The van der Waals surface area contributed by atoms with E-state index in [-0.39, 0.29) is 5.92 Å². The van der Waals surface area contributed by atoms with Gasteiger partial charge in [0.05, 0.1) is 11.4 Å². The minimum atomic E-state index is 0.268. The van der Waals surface area contributed by atoms with Gasteiger partial charge in [0.1, 0.15) is 5.65 Å². The van der Waals surface area contributed by atoms with Crippen LogP contribution in [0.2, 0.25) is 5.02 Å². The van der Waals surface area contributed by atoms with Gasteiger partial charge in [0.25, 0.3) is 0 Å². The van der Waals surface area contributed by atoms with Gasteiger partial charge in [0, 0.05) is 11.2 Å². The van der Waals surface area contributed by atoms with Gasteiger partial charge >= 0.3 is 0 Å². The van der Waals surface area contributed by atoms with E-state index in [1.807, 2.05) is 41.8 Å². The van der Waals surface area contributed by atoms with E-state index in [2.05, 4.69) is 37.1 Å². The molecular formula is C18H19ClN4. The second-order valence-corrected chi connectivity index (χ2v) is 6.40. The highest BCUT2D eigenvalue weighted by Gasteiger charge is 2.15. The lowest BCUT2D eigenvalue weighted by molar-refractivity contribution is 0.831. The number of aryl methyl sites for hydroxylation is 1. The molecule has 0 atom stereocenters. The summed E-state index contributed by atoms with van der Waals surface area (Å²) in [5.74, 6) is 1.04. The van der Waals surface area contributed by atoms with Crippen molar-refractivity contribution >= 4 is 28.8 Å². The fourth-order valence-electron chi connectivity index (χ4n) is 2.44. The van der Waals surface area contributed by atoms with E-state index in [0.717, 1.165) is 28.4 Å². The van der Waals surface area contributed by atoms with Gasteiger partial charge in [-0.25, -0.2) is 4.98 Å². The molecule has 0 saturated heterocycles. The summed E-state index contributed by atoms with van der Waals surface area (Å²) >= 11 is 6.15. The summed E-state index contributed by atoms with van der Waals surface area (Å²) in [7, 11) is 0. The highest BCUT2D eigenvalue weighted by molar-refractivity contribution is 6.31. The minimum absolute atomic E-state index is 0.268. The Morgan fingerprint density at radius 1 is 1.13 bits per heavy atom. The van der Waals surface area contributed by atoms with Crippen molar-refractivity contribution < 1.29 is 0 Å². The van der Waals surface area contributed by atoms with Crippen molar-refractivity contribution in [3.63, 3.8) is 0 Å². The fraction of sp³-hybridized carbons (Fsp3) is 0.278. The van der Waals surface area contributed by atoms with Gasteiger partial charge in [0.15, 0.2) is 5.82 Å². The maximum Gasteiger partial charge on any atom is 0.183 e. The van der Waals surface area contributed by atoms with Crippen LogP contribution in [0.5, 0.6) is 0 Å². The molecule has 0 aliphatic heterocycles. The SMILES string of the molecule is Cc1ccn2c(N=Nc3cccc(Cl)c3C)c(C(C)C)nc2c1. The summed E-state index contributed by atoms with van der Waals surface area (Å²) in [5, 5.41) is 9.58. The number of rotatable bonds is 3. The first-order valence-electron chi connectivity index (χ1n) is 7.63. The molecule has 2 heterocycles. The number of aromatic nitrogens is 2. The van der Waals surface area contributed by atoms with Crippen LogP contribution in [-0.4, -0.2) is 9.38 Å². The molecule has 0 radical (unpaired) electrons. The zero-order valence-electron chi connectivity index (χ0n) is 13.7. The van der Waals surface area contributed by atoms with E-state index in [0.29, 0.717) is 5.02 Å². The number of azo groups is 1. The standard InChI is InChI=1S/C18H19ClN4/c1-11(2)17-18(23-9-8-12(3)10-16(23)20-17)22-21-15-7-5-6-14(19)13(15)4/h5-11H,1-4H3. The van der Waals surface area contributed by atoms with E-state index in [1.54, 1.807) is 0 Å². The summed E-state index contributed by atoms with van der Waals surface area (Å²) in [6, 6.07) is 9.74. The van der Waals surface area contributed by atoms with Crippen LogP contribution in [0.1, 0.15) is 36.6 Å². The molecule has 0 saturated carbocycles. The van der Waals surface area contributed by atoms with Crippen molar-refractivity contribution in [3.05, 3.63) is 58.4 Å². The largest absolute Gasteiger partial charge is 0.283 e. The third-order valence-corrected chi connectivity index (χ3v) is 4.23. The lowest BCUT2D eigenvalue weighted by Gasteiger charge is -2.03. The first kappa shape index (κ1) is 15.7. The third kappa shape index (κ3) is 2.99. The quantitative estimate of drug-likeness (QED) is 0.533. The highest BCUT2D eigenvalue weighted by Crippen LogP contribution is 2.31. The van der Waals surface area contributed by atoms with Crippen LogP contribution < -0.4 is 0 Å². The van der Waals surface area contributed by atoms with Crippen molar-refractivity contribution in [2.75, 3.05) is 0 Å². The molecule has 0 spiro atoms. The molecule has 4 nitrogen and oxygen atoms in total. The van der Waals surface area contributed by atoms with Crippen LogP contribution in [0.3, 0.4) is 0 Å². The van der Waals surface area contributed by atoms with E-state index in [9.17, 15) is 0 Å². The molecule has 0 aliphatic carbocycles. The molecule has 0 aliphatic rings. The Morgan fingerprint density at radius 3 is 2.65 bits per heavy atom. The van der Waals surface area contributed by atoms with E-state index in [4.69, 9.17) is 16.6 Å². The van der Waals surface area contributed by atoms with Crippen molar-refractivity contribution in [1.29, 1.82) is 0 Å². The van der Waals surface area contributed by atoms with Crippen LogP contribution in [0, 0.1) is 13.8 Å². The van der Waals surface area contributed by atoms with Gasteiger partial charge in [-0.15, -0.1) is 10.2 Å². The summed E-state index contributed by atoms with van der Waals surface area (Å²) in [4.78, 5) is 4.71. The molecule has 23 heavy (non-hydrogen) atoms. The average molecular weight is 327 g/mol. The molecule has 2 aromatic heterocycles. The molecule has 118 valence electrons. The normalized spacial score (nSPS) is 11.9. The molecule has 0 bridgehead atoms. The summed E-state index contributed by atoms with van der Waals surface area (Å²) in [6.07, 6.45) is 1.99. The monoisotopic (exact) mass is 326 g/mol. The summed E-state index contributed by atoms with van der Waals surface area (Å²) < 4.78 is 1.98. The maximum absolute atomic E-state index is 6.15. The molecule has 0 fully saturated rings. The minimum Gasteiger partial charge on any atom is -0.283 e. The molecule has 0 unspecified atom stereocenters. The van der Waals surface area contributed by atoms with Gasteiger partial charge in [-0.2, -0.15) is 0 Å². The molecule has 1 aromatic carbocycles. The third-order valence-electron chi connectivity index (χ3n) is 3.82. The Labute approximate surface area is 140 Å². The lowest BCUT2D eigenvalue weighted by atomic mass is 10.1. The zero-order valence-corrected chi connectivity index (χ0v) is 14.5. The van der Waals surface area contributed by atoms with Crippen LogP contribution in [0.4, 0.5) is 11.5 Å². The van der Waals surface area contributed by atoms with Gasteiger partial charge in [-0.05, 0) is 55.2 Å². The van der Waals surface area contributed by atoms with Crippen molar-refractivity contribution in [1.82, 2.24) is 9.38 Å². The van der Waals surface area contributed by atoms with Gasteiger partial charge in [0.2, 0.25) is 0 Å². The smallest absolute Gasteiger partial charge is 0.183 e. The fourth-order valence-corrected chi connectivity index (χ4v) is 2.61. The Balaban J connectivity index is 2.13. The predicted octanol–water partition coefficient (Wildman–Crippen LogP) is 6.14. The Hall–Kier alpha value is -2.20. The Morgan fingerprint density at radius 2 is 1.91 bits per heavy atom. The average Bonchev–Trinajstić information content (AvgIpc) is 2.86. The highest BCUT2D eigenvalue weighted by atomic mass is 35.5. The summed E-state index contributed by atoms with van der Waals surface area (Å²) in [5.41, 5.74) is 4.71. The maximum atomic E-state index is 6.15. The molecule has 0 amide bonds. The second-order valence-electron chi connectivity index (χ2n) is 5.99. The molecule has 0 N–H and O–H groups in total. The molecule has 3 rings (SSSR count). The molecular weight excluding hydrogens is 308 g/mol. The number of hydrogen-bond donors (Lipinski definition) is 0. The first-order valence-corrected chi connectivity index (χ1v) is 8.00. The van der Waals surface area contributed by atoms with Crippen LogP contribution in [0.25, 0.3) is 5.65 Å². The van der Waals surface area contributed by atoms with Crippen molar-refractivity contribution in [3.8, 4) is 0 Å². The van der Waals surface area contributed by atoms with E-state index >= 15 is 0 Å². The van der Waals surface area contributed by atoms with Crippen LogP contribution >= 0.6 is 11.6 Å². The Kier molecular flexibility index (Phi) is 4.18. The van der Waals surface area contributed by atoms with Gasteiger partial charge < -0.3 is 0 Å². The lowest BCUT2D eigenvalue weighted by Crippen LogP contribution is -1.87. The van der Waals surface area contributed by atoms with Crippen LogP contribution in [0.15, 0.2) is 46.8 Å². The van der Waals surface area contributed by atoms with Crippen molar-refractivity contribution in [2.45, 2.75) is 33.6 Å². The molecule has 5 heteroatoms. The number of fused-ring (bicyclic) bond motifs is 1. The number of imidazole rings is 1. The van der Waals surface area contributed by atoms with E-state index < -0.39 is 0 Å². The predicted molar refractivity (Wildman–Crippen MR) is 94.4 cm³/mol. The number of nitrogens with zero attached hydrogens (tertiary/aromatic N) is 4. The number of benzene rings is 1. The zero-order chi connectivity index (χ0) is 16.6. The second kappa shape index (κ2) is 6.13. The van der Waals surface area contributed by atoms with Crippen LogP contribution in [-0.2, 0) is 0 Å². The van der Waals surface area contributed by atoms with Gasteiger partial charge in [-0.3, -0.25) is 4.40 Å². The summed E-state index contributed by atoms with van der Waals surface area (Å²) in [6.45, 7) is 8.22. The topological polar surface area (TPSA) is 42.0 Å². The number of hydrogen-bond acceptors (Lipinski definition) is 3. The number of halogens is 1. The number of pyridine rings is 1. The Bertz CT molecular complexity index is 893. The van der Waals surface area contributed by atoms with Gasteiger partial charge in [-0.1, -0.05) is 31.5 Å². The van der Waals surface area contributed by atoms with E-state index in [1.165, 1.54) is 5.56 Å². The first-order chi connectivity index (χ1) is 11.0. The molecule has 3 aromatic rings. The van der Waals surface area contributed by atoms with Crippen molar-refractivity contribution in [2.24, 2.45) is 10.2 Å².